The Kier molecular flexibility index (Phi) is 4.95. The highest BCUT2D eigenvalue weighted by Gasteiger charge is 2.15. The van der Waals surface area contributed by atoms with Crippen LogP contribution in [0.1, 0.15) is 17.5 Å². The first kappa shape index (κ1) is 18.4. The molecule has 5 nitrogen and oxygen atoms in total. The molecule has 0 aliphatic rings. The number of fused-ring (bicyclic) bond motifs is 2. The molecule has 0 N–H and O–H groups in total. The number of hydrogen-bond donors (Lipinski definition) is 0. The summed E-state index contributed by atoms with van der Waals surface area (Å²) in [5, 5.41) is 1.39. The molecule has 0 saturated carbocycles. The molecule has 140 valence electrons. The number of rotatable bonds is 4. The number of halogens is 1. The van der Waals surface area contributed by atoms with Crippen LogP contribution in [0.3, 0.4) is 0 Å². The molecule has 0 spiro atoms. The molecule has 7 heteroatoms. The van der Waals surface area contributed by atoms with Crippen molar-refractivity contribution in [2.45, 2.75) is 13.5 Å². The van der Waals surface area contributed by atoms with Gasteiger partial charge in [-0.1, -0.05) is 41.0 Å². The molecule has 1 amide bonds. The van der Waals surface area contributed by atoms with Crippen molar-refractivity contribution in [2.24, 2.45) is 4.99 Å². The minimum Gasteiger partial charge on any atom is -0.490 e. The zero-order chi connectivity index (χ0) is 19.7. The van der Waals surface area contributed by atoms with E-state index in [1.165, 1.54) is 11.3 Å². The Morgan fingerprint density at radius 2 is 2.21 bits per heavy atom. The molecule has 0 saturated heterocycles. The number of nitrogens with zero attached hydrogens (tertiary/aromatic N) is 2. The van der Waals surface area contributed by atoms with Crippen molar-refractivity contribution in [3.05, 3.63) is 58.0 Å². The number of amides is 1. The largest absolute Gasteiger partial charge is 0.490 e. The molecule has 4 aromatic rings. The van der Waals surface area contributed by atoms with Crippen LogP contribution in [-0.2, 0) is 6.54 Å². The first-order valence-corrected chi connectivity index (χ1v) is 9.77. The van der Waals surface area contributed by atoms with Crippen molar-refractivity contribution < 1.29 is 13.9 Å². The summed E-state index contributed by atoms with van der Waals surface area (Å²) >= 11 is 7.43. The summed E-state index contributed by atoms with van der Waals surface area (Å²) in [6.07, 6.45) is 5.50. The molecule has 2 heterocycles. The lowest BCUT2D eigenvalue weighted by molar-refractivity contribution is 0.0973. The van der Waals surface area contributed by atoms with Crippen LogP contribution < -0.4 is 9.54 Å². The van der Waals surface area contributed by atoms with Gasteiger partial charge in [-0.25, -0.2) is 0 Å². The fraction of sp³-hybridized carbons (Fsp3) is 0.143. The van der Waals surface area contributed by atoms with Crippen molar-refractivity contribution in [1.82, 2.24) is 4.57 Å². The molecule has 0 radical (unpaired) electrons. The molecule has 4 rings (SSSR count). The Bertz CT molecular complexity index is 1310. The van der Waals surface area contributed by atoms with Crippen LogP contribution >= 0.6 is 22.9 Å². The monoisotopic (exact) mass is 410 g/mol. The van der Waals surface area contributed by atoms with E-state index in [9.17, 15) is 4.79 Å². The average Bonchev–Trinajstić information content (AvgIpc) is 3.25. The Morgan fingerprint density at radius 3 is 3.00 bits per heavy atom. The average molecular weight is 411 g/mol. The summed E-state index contributed by atoms with van der Waals surface area (Å²) in [7, 11) is 0. The number of carbonyl (C=O) groups excluding carboxylic acids is 1. The highest BCUT2D eigenvalue weighted by molar-refractivity contribution is 7.16. The number of thiazole rings is 1. The number of carbonyl (C=O) groups is 1. The van der Waals surface area contributed by atoms with E-state index < -0.39 is 5.91 Å². The summed E-state index contributed by atoms with van der Waals surface area (Å²) in [6, 6.07) is 12.7. The smallest absolute Gasteiger partial charge is 0.315 e. The topological polar surface area (TPSA) is 56.7 Å². The van der Waals surface area contributed by atoms with Gasteiger partial charge in [0.25, 0.3) is 0 Å². The second-order valence-corrected chi connectivity index (χ2v) is 7.37. The third kappa shape index (κ3) is 3.31. The minimum atomic E-state index is -0.484. The lowest BCUT2D eigenvalue weighted by Gasteiger charge is -2.02. The molecule has 28 heavy (non-hydrogen) atoms. The lowest BCUT2D eigenvalue weighted by atomic mass is 10.2. The van der Waals surface area contributed by atoms with Crippen LogP contribution in [0.25, 0.3) is 21.2 Å². The van der Waals surface area contributed by atoms with E-state index in [-0.39, 0.29) is 5.76 Å². The number of terminal acetylenes is 1. The molecule has 0 aliphatic heterocycles. The SMILES string of the molecule is C#CCn1c(=NC(=O)c2cc3cccc(OCC)c3o2)sc2cc(Cl)ccc21. The molecule has 2 aromatic heterocycles. The van der Waals surface area contributed by atoms with Crippen molar-refractivity contribution in [2.75, 3.05) is 6.61 Å². The van der Waals surface area contributed by atoms with Crippen LogP contribution in [0.5, 0.6) is 5.75 Å². The fourth-order valence-corrected chi connectivity index (χ4v) is 4.23. The second-order valence-electron chi connectivity index (χ2n) is 5.92. The van der Waals surface area contributed by atoms with E-state index in [4.69, 9.17) is 27.2 Å². The number of hydrogen-bond acceptors (Lipinski definition) is 4. The molecule has 0 fully saturated rings. The number of benzene rings is 2. The van der Waals surface area contributed by atoms with Gasteiger partial charge in [-0.2, -0.15) is 4.99 Å². The van der Waals surface area contributed by atoms with Gasteiger partial charge in [-0.05, 0) is 37.3 Å². The van der Waals surface area contributed by atoms with Gasteiger partial charge in [-0.15, -0.1) is 6.42 Å². The van der Waals surface area contributed by atoms with E-state index in [2.05, 4.69) is 10.9 Å². The van der Waals surface area contributed by atoms with Crippen LogP contribution in [0, 0.1) is 12.3 Å². The van der Waals surface area contributed by atoms with Gasteiger partial charge in [0.15, 0.2) is 21.9 Å². The zero-order valence-corrected chi connectivity index (χ0v) is 16.5. The summed E-state index contributed by atoms with van der Waals surface area (Å²) in [5.41, 5.74) is 1.41. The standard InChI is InChI=1S/C21H15ClN2O3S/c1-3-10-24-15-9-8-14(22)12-18(15)28-21(24)23-20(25)17-11-13-6-5-7-16(26-4-2)19(13)27-17/h1,5-9,11-12H,4,10H2,2H3. The van der Waals surface area contributed by atoms with Crippen LogP contribution in [0.15, 0.2) is 51.9 Å². The van der Waals surface area contributed by atoms with Crippen molar-refractivity contribution in [3.8, 4) is 18.1 Å². The maximum atomic E-state index is 12.8. The van der Waals surface area contributed by atoms with E-state index in [0.717, 1.165) is 15.6 Å². The quantitative estimate of drug-likeness (QED) is 0.451. The molecule has 2 aromatic carbocycles. The number of furan rings is 1. The van der Waals surface area contributed by atoms with E-state index in [1.807, 2.05) is 35.8 Å². The number of aromatic nitrogens is 1. The molecule has 0 bridgehead atoms. The van der Waals surface area contributed by atoms with E-state index in [1.54, 1.807) is 18.2 Å². The molecular weight excluding hydrogens is 396 g/mol. The third-order valence-electron chi connectivity index (χ3n) is 4.11. The van der Waals surface area contributed by atoms with E-state index >= 15 is 0 Å². The maximum Gasteiger partial charge on any atom is 0.315 e. The summed E-state index contributed by atoms with van der Waals surface area (Å²) in [5.74, 6) is 2.85. The Balaban J connectivity index is 1.82. The van der Waals surface area contributed by atoms with Gasteiger partial charge in [0.2, 0.25) is 0 Å². The Hall–Kier alpha value is -3.01. The fourth-order valence-electron chi connectivity index (χ4n) is 2.93. The summed E-state index contributed by atoms with van der Waals surface area (Å²) < 4.78 is 14.0. The highest BCUT2D eigenvalue weighted by atomic mass is 35.5. The van der Waals surface area contributed by atoms with E-state index in [0.29, 0.717) is 34.3 Å². The van der Waals surface area contributed by atoms with Crippen LogP contribution in [0.2, 0.25) is 5.02 Å². The maximum absolute atomic E-state index is 12.8. The van der Waals surface area contributed by atoms with Gasteiger partial charge in [0.1, 0.15) is 0 Å². The minimum absolute atomic E-state index is 0.143. The van der Waals surface area contributed by atoms with Crippen LogP contribution in [-0.4, -0.2) is 17.1 Å². The van der Waals surface area contributed by atoms with Crippen molar-refractivity contribution in [3.63, 3.8) is 0 Å². The third-order valence-corrected chi connectivity index (χ3v) is 5.39. The number of para-hydroxylation sites is 1. The van der Waals surface area contributed by atoms with Gasteiger partial charge in [0.05, 0.1) is 23.4 Å². The van der Waals surface area contributed by atoms with Gasteiger partial charge in [0, 0.05) is 10.4 Å². The van der Waals surface area contributed by atoms with Crippen molar-refractivity contribution in [1.29, 1.82) is 0 Å². The van der Waals surface area contributed by atoms with Gasteiger partial charge >= 0.3 is 5.91 Å². The molecule has 0 atom stereocenters. The predicted molar refractivity (Wildman–Crippen MR) is 111 cm³/mol. The van der Waals surface area contributed by atoms with Crippen LogP contribution in [0.4, 0.5) is 0 Å². The molecular formula is C21H15ClN2O3S. The van der Waals surface area contributed by atoms with Crippen molar-refractivity contribution >= 4 is 50.0 Å². The normalized spacial score (nSPS) is 11.8. The predicted octanol–water partition coefficient (Wildman–Crippen LogP) is 4.88. The van der Waals surface area contributed by atoms with Gasteiger partial charge in [-0.3, -0.25) is 4.79 Å². The summed E-state index contributed by atoms with van der Waals surface area (Å²) in [6.45, 7) is 2.69. The lowest BCUT2D eigenvalue weighted by Crippen LogP contribution is -2.16. The Labute approximate surface area is 169 Å². The summed E-state index contributed by atoms with van der Waals surface area (Å²) in [4.78, 5) is 17.5. The van der Waals surface area contributed by atoms with Gasteiger partial charge < -0.3 is 13.7 Å². The number of ether oxygens (including phenoxy) is 1. The zero-order valence-electron chi connectivity index (χ0n) is 14.9. The first-order chi connectivity index (χ1) is 13.6. The Morgan fingerprint density at radius 1 is 1.36 bits per heavy atom. The second kappa shape index (κ2) is 7.55. The highest BCUT2D eigenvalue weighted by Crippen LogP contribution is 2.29. The first-order valence-electron chi connectivity index (χ1n) is 8.57. The molecule has 0 unspecified atom stereocenters. The molecule has 0 aliphatic carbocycles.